The molecule has 5 rings (SSSR count). The van der Waals surface area contributed by atoms with E-state index in [0.717, 1.165) is 38.6 Å². The van der Waals surface area contributed by atoms with Gasteiger partial charge in [-0.15, -0.1) is 11.8 Å². The molecule has 1 amide bonds. The average Bonchev–Trinajstić information content (AvgIpc) is 3.48. The Hall–Kier alpha value is -3.77. The molecule has 0 aliphatic rings. The van der Waals surface area contributed by atoms with Gasteiger partial charge in [-0.2, -0.15) is 0 Å². The lowest BCUT2D eigenvalue weighted by molar-refractivity contribution is -0.115. The van der Waals surface area contributed by atoms with Crippen molar-refractivity contribution in [2.24, 2.45) is 0 Å². The van der Waals surface area contributed by atoms with Gasteiger partial charge in [0.05, 0.1) is 29.5 Å². The van der Waals surface area contributed by atoms with Crippen LogP contribution in [0.4, 0.5) is 5.69 Å². The number of carbonyl (C=O) groups excluding carboxylic acids is 1. The van der Waals surface area contributed by atoms with E-state index in [2.05, 4.69) is 45.4 Å². The molecule has 5 nitrogen and oxygen atoms in total. The number of hydrogen-bond donors (Lipinski definition) is 1. The first-order chi connectivity index (χ1) is 15.7. The highest BCUT2D eigenvalue weighted by molar-refractivity contribution is 7.98. The topological polar surface area (TPSA) is 60.1 Å². The van der Waals surface area contributed by atoms with Gasteiger partial charge in [-0.3, -0.25) is 9.78 Å². The van der Waals surface area contributed by atoms with Crippen molar-refractivity contribution in [1.29, 1.82) is 0 Å². The minimum atomic E-state index is -0.0613. The van der Waals surface area contributed by atoms with Gasteiger partial charge in [0.1, 0.15) is 0 Å². The number of benzene rings is 2. The average molecular weight is 440 g/mol. The molecule has 5 aromatic rings. The van der Waals surface area contributed by atoms with Crippen molar-refractivity contribution in [1.82, 2.24) is 9.55 Å². The minimum absolute atomic E-state index is 0.0613. The molecule has 0 aliphatic carbocycles. The maximum Gasteiger partial charge on any atom is 0.228 e. The van der Waals surface area contributed by atoms with E-state index >= 15 is 0 Å². The standard InChI is InChI=1S/C26H21N3O2S/c1-32-26-15-21-14-19(20-10-12-31-17-20)4-9-24(21)29(26)23-7-5-22(6-8-23)28-25(30)13-18-3-2-11-27-16-18/h2-12,14-17H,13H2,1H3,(H,28,30). The predicted molar refractivity (Wildman–Crippen MR) is 129 cm³/mol. The van der Waals surface area contributed by atoms with E-state index in [1.807, 2.05) is 42.5 Å². The molecule has 2 aromatic carbocycles. The maximum absolute atomic E-state index is 12.3. The Morgan fingerprint density at radius 2 is 1.94 bits per heavy atom. The third-order valence-corrected chi connectivity index (χ3v) is 6.05. The van der Waals surface area contributed by atoms with Crippen LogP contribution in [0, 0.1) is 0 Å². The molecule has 1 N–H and O–H groups in total. The van der Waals surface area contributed by atoms with Crippen LogP contribution < -0.4 is 5.32 Å². The van der Waals surface area contributed by atoms with E-state index in [0.29, 0.717) is 6.42 Å². The summed E-state index contributed by atoms with van der Waals surface area (Å²) in [7, 11) is 0. The fourth-order valence-corrected chi connectivity index (χ4v) is 4.43. The van der Waals surface area contributed by atoms with Crippen molar-refractivity contribution < 1.29 is 9.21 Å². The smallest absolute Gasteiger partial charge is 0.228 e. The molecule has 0 aliphatic heterocycles. The van der Waals surface area contributed by atoms with Gasteiger partial charge >= 0.3 is 0 Å². The van der Waals surface area contributed by atoms with Gasteiger partial charge in [0.25, 0.3) is 0 Å². The van der Waals surface area contributed by atoms with E-state index in [4.69, 9.17) is 4.42 Å². The van der Waals surface area contributed by atoms with E-state index < -0.39 is 0 Å². The third kappa shape index (κ3) is 4.05. The van der Waals surface area contributed by atoms with Crippen molar-refractivity contribution >= 4 is 34.3 Å². The number of thioether (sulfide) groups is 1. The first kappa shape index (κ1) is 20.2. The van der Waals surface area contributed by atoms with Gasteiger partial charge in [0.15, 0.2) is 0 Å². The number of aromatic nitrogens is 2. The second kappa shape index (κ2) is 8.77. The molecule has 158 valence electrons. The van der Waals surface area contributed by atoms with E-state index in [1.165, 1.54) is 5.39 Å². The molecule has 3 aromatic heterocycles. The summed E-state index contributed by atoms with van der Waals surface area (Å²) < 4.78 is 7.47. The first-order valence-electron chi connectivity index (χ1n) is 10.2. The molecule has 6 heteroatoms. The Morgan fingerprint density at radius 1 is 1.06 bits per heavy atom. The zero-order chi connectivity index (χ0) is 21.9. The molecular formula is C26H21N3O2S. The highest BCUT2D eigenvalue weighted by atomic mass is 32.2. The fourth-order valence-electron chi connectivity index (χ4n) is 3.80. The number of nitrogens with one attached hydrogen (secondary N) is 1. The van der Waals surface area contributed by atoms with Crippen LogP contribution in [0.5, 0.6) is 0 Å². The van der Waals surface area contributed by atoms with Crippen LogP contribution in [0.25, 0.3) is 27.7 Å². The first-order valence-corrected chi connectivity index (χ1v) is 11.4. The summed E-state index contributed by atoms with van der Waals surface area (Å²) in [4.78, 5) is 16.4. The zero-order valence-corrected chi connectivity index (χ0v) is 18.3. The van der Waals surface area contributed by atoms with Crippen LogP contribution >= 0.6 is 11.8 Å². The van der Waals surface area contributed by atoms with Crippen molar-refractivity contribution in [2.75, 3.05) is 11.6 Å². The largest absolute Gasteiger partial charge is 0.472 e. The number of rotatable bonds is 6. The number of carbonyl (C=O) groups is 1. The SMILES string of the molecule is CSc1cc2cc(-c3ccoc3)ccc2n1-c1ccc(NC(=O)Cc2cccnc2)cc1. The Bertz CT molecular complexity index is 1360. The molecule has 0 radical (unpaired) electrons. The van der Waals surface area contributed by atoms with Crippen LogP contribution in [0.1, 0.15) is 5.56 Å². The summed E-state index contributed by atoms with van der Waals surface area (Å²) in [6.45, 7) is 0. The van der Waals surface area contributed by atoms with E-state index in [-0.39, 0.29) is 5.91 Å². The zero-order valence-electron chi connectivity index (χ0n) is 17.5. The van der Waals surface area contributed by atoms with Gasteiger partial charge in [0.2, 0.25) is 5.91 Å². The molecule has 0 saturated heterocycles. The summed E-state index contributed by atoms with van der Waals surface area (Å²) in [6, 6.07) is 22.3. The van der Waals surface area contributed by atoms with Crippen LogP contribution in [0.2, 0.25) is 0 Å². The molecule has 3 heterocycles. The van der Waals surface area contributed by atoms with Crippen LogP contribution in [0.3, 0.4) is 0 Å². The summed E-state index contributed by atoms with van der Waals surface area (Å²) >= 11 is 1.70. The molecule has 0 bridgehead atoms. The Kier molecular flexibility index (Phi) is 5.52. The maximum atomic E-state index is 12.3. The quantitative estimate of drug-likeness (QED) is 0.321. The second-order valence-corrected chi connectivity index (χ2v) is 8.27. The lowest BCUT2D eigenvalue weighted by Gasteiger charge is -2.11. The minimum Gasteiger partial charge on any atom is -0.472 e. The normalized spacial score (nSPS) is 11.0. The van der Waals surface area contributed by atoms with Crippen LogP contribution in [0.15, 0.2) is 101 Å². The number of amides is 1. The van der Waals surface area contributed by atoms with Gasteiger partial charge in [0, 0.05) is 34.7 Å². The lowest BCUT2D eigenvalue weighted by Crippen LogP contribution is -2.14. The van der Waals surface area contributed by atoms with Crippen molar-refractivity contribution in [3.05, 3.63) is 97.2 Å². The van der Waals surface area contributed by atoms with Crippen LogP contribution in [-0.4, -0.2) is 21.7 Å². The molecular weight excluding hydrogens is 418 g/mol. The molecule has 0 saturated carbocycles. The number of hydrogen-bond acceptors (Lipinski definition) is 4. The number of fused-ring (bicyclic) bond motifs is 1. The summed E-state index contributed by atoms with van der Waals surface area (Å²) in [6.07, 6.45) is 9.24. The predicted octanol–water partition coefficient (Wildman–Crippen LogP) is 6.19. The lowest BCUT2D eigenvalue weighted by atomic mass is 10.1. The molecule has 0 unspecified atom stereocenters. The molecule has 32 heavy (non-hydrogen) atoms. The number of furan rings is 1. The van der Waals surface area contributed by atoms with Gasteiger partial charge in [-0.05, 0) is 72.0 Å². The number of pyridine rings is 1. The number of nitrogens with zero attached hydrogens (tertiary/aromatic N) is 2. The molecule has 0 spiro atoms. The Morgan fingerprint density at radius 3 is 2.66 bits per heavy atom. The van der Waals surface area contributed by atoms with Gasteiger partial charge in [-0.25, -0.2) is 0 Å². The second-order valence-electron chi connectivity index (χ2n) is 7.44. The van der Waals surface area contributed by atoms with E-state index in [1.54, 1.807) is 36.7 Å². The highest BCUT2D eigenvalue weighted by Crippen LogP contribution is 2.33. The van der Waals surface area contributed by atoms with Crippen molar-refractivity contribution in [3.63, 3.8) is 0 Å². The molecule has 0 atom stereocenters. The Labute approximate surface area is 190 Å². The van der Waals surface area contributed by atoms with Crippen molar-refractivity contribution in [2.45, 2.75) is 11.4 Å². The summed E-state index contributed by atoms with van der Waals surface area (Å²) in [5, 5.41) is 5.28. The molecule has 0 fully saturated rings. The highest BCUT2D eigenvalue weighted by Gasteiger charge is 2.12. The van der Waals surface area contributed by atoms with E-state index in [9.17, 15) is 4.79 Å². The monoisotopic (exact) mass is 439 g/mol. The van der Waals surface area contributed by atoms with Gasteiger partial charge < -0.3 is 14.3 Å². The fraction of sp³-hybridized carbons (Fsp3) is 0.0769. The summed E-state index contributed by atoms with van der Waals surface area (Å²) in [5.41, 5.74) is 6.03. The van der Waals surface area contributed by atoms with Crippen LogP contribution in [-0.2, 0) is 11.2 Å². The summed E-state index contributed by atoms with van der Waals surface area (Å²) in [5.74, 6) is -0.0613. The van der Waals surface area contributed by atoms with Gasteiger partial charge in [-0.1, -0.05) is 12.1 Å². The van der Waals surface area contributed by atoms with Crippen molar-refractivity contribution in [3.8, 4) is 16.8 Å². The Balaban J connectivity index is 1.40. The third-order valence-electron chi connectivity index (χ3n) is 5.33. The number of anilines is 1.